The number of carbonyl (C=O) groups is 1. The van der Waals surface area contributed by atoms with Crippen molar-refractivity contribution in [2.75, 3.05) is 4.72 Å². The SMILES string of the molecule is Cc1c(Cl)cccc1S(=O)(=O)Nc1ccc(-c2cccc(C(=O)O)c2)c2ccccc12. The zero-order valence-electron chi connectivity index (χ0n) is 16.5. The molecule has 0 aliphatic heterocycles. The summed E-state index contributed by atoms with van der Waals surface area (Å²) in [5.74, 6) is -1.01. The van der Waals surface area contributed by atoms with Crippen molar-refractivity contribution in [2.45, 2.75) is 11.8 Å². The lowest BCUT2D eigenvalue weighted by molar-refractivity contribution is 0.0697. The third-order valence-corrected chi connectivity index (χ3v) is 7.02. The van der Waals surface area contributed by atoms with Gasteiger partial charge in [0.05, 0.1) is 16.1 Å². The molecule has 0 unspecified atom stereocenters. The van der Waals surface area contributed by atoms with Crippen LogP contribution in [0.25, 0.3) is 21.9 Å². The van der Waals surface area contributed by atoms with Gasteiger partial charge in [0.2, 0.25) is 0 Å². The molecule has 0 saturated heterocycles. The number of rotatable bonds is 5. The van der Waals surface area contributed by atoms with Crippen LogP contribution in [-0.4, -0.2) is 19.5 Å². The number of sulfonamides is 1. The molecular weight excluding hydrogens is 434 g/mol. The molecule has 0 fully saturated rings. The van der Waals surface area contributed by atoms with E-state index in [1.807, 2.05) is 30.3 Å². The lowest BCUT2D eigenvalue weighted by atomic mass is 9.96. The fraction of sp³-hybridized carbons (Fsp3) is 0.0417. The lowest BCUT2D eigenvalue weighted by Gasteiger charge is -2.15. The highest BCUT2D eigenvalue weighted by atomic mass is 35.5. The molecule has 0 saturated carbocycles. The number of halogens is 1. The van der Waals surface area contributed by atoms with E-state index in [4.69, 9.17) is 11.6 Å². The Morgan fingerprint density at radius 2 is 1.61 bits per heavy atom. The van der Waals surface area contributed by atoms with Crippen molar-refractivity contribution in [1.82, 2.24) is 0 Å². The molecule has 0 aromatic heterocycles. The minimum Gasteiger partial charge on any atom is -0.478 e. The minimum atomic E-state index is -3.87. The second-order valence-corrected chi connectivity index (χ2v) is 9.12. The molecule has 0 bridgehead atoms. The van der Waals surface area contributed by atoms with E-state index in [1.165, 1.54) is 12.1 Å². The van der Waals surface area contributed by atoms with Crippen LogP contribution >= 0.6 is 11.6 Å². The summed E-state index contributed by atoms with van der Waals surface area (Å²) in [5.41, 5.74) is 2.62. The van der Waals surface area contributed by atoms with E-state index in [9.17, 15) is 18.3 Å². The highest BCUT2D eigenvalue weighted by Crippen LogP contribution is 2.35. The molecule has 0 heterocycles. The van der Waals surface area contributed by atoms with Crippen LogP contribution < -0.4 is 4.72 Å². The number of benzene rings is 4. The van der Waals surface area contributed by atoms with Gasteiger partial charge in [-0.05, 0) is 59.3 Å². The topological polar surface area (TPSA) is 83.5 Å². The van der Waals surface area contributed by atoms with Gasteiger partial charge in [-0.15, -0.1) is 0 Å². The first-order valence-corrected chi connectivity index (χ1v) is 11.3. The van der Waals surface area contributed by atoms with Crippen LogP contribution in [0.2, 0.25) is 5.02 Å². The molecule has 7 heteroatoms. The molecule has 2 N–H and O–H groups in total. The van der Waals surface area contributed by atoms with Gasteiger partial charge < -0.3 is 5.11 Å². The van der Waals surface area contributed by atoms with Crippen LogP contribution in [-0.2, 0) is 10.0 Å². The number of carboxylic acids is 1. The van der Waals surface area contributed by atoms with Crippen molar-refractivity contribution >= 4 is 44.1 Å². The Balaban J connectivity index is 1.83. The molecule has 0 radical (unpaired) electrons. The summed E-state index contributed by atoms with van der Waals surface area (Å²) >= 11 is 6.11. The third kappa shape index (κ3) is 4.00. The quantitative estimate of drug-likeness (QED) is 0.391. The maximum absolute atomic E-state index is 13.1. The van der Waals surface area contributed by atoms with Gasteiger partial charge in [0.25, 0.3) is 10.0 Å². The Hall–Kier alpha value is -3.35. The fourth-order valence-electron chi connectivity index (χ4n) is 3.54. The molecule has 0 aliphatic carbocycles. The summed E-state index contributed by atoms with van der Waals surface area (Å²) < 4.78 is 28.8. The average Bonchev–Trinajstić information content (AvgIpc) is 2.75. The number of hydrogen-bond donors (Lipinski definition) is 2. The number of aromatic carboxylic acids is 1. The molecule has 0 atom stereocenters. The largest absolute Gasteiger partial charge is 0.478 e. The maximum atomic E-state index is 13.1. The zero-order valence-corrected chi connectivity index (χ0v) is 18.0. The van der Waals surface area contributed by atoms with E-state index < -0.39 is 16.0 Å². The predicted molar refractivity (Wildman–Crippen MR) is 123 cm³/mol. The van der Waals surface area contributed by atoms with Gasteiger partial charge in [-0.3, -0.25) is 4.72 Å². The van der Waals surface area contributed by atoms with Gasteiger partial charge in [0, 0.05) is 10.4 Å². The highest BCUT2D eigenvalue weighted by Gasteiger charge is 2.20. The molecule has 4 aromatic carbocycles. The van der Waals surface area contributed by atoms with Crippen LogP contribution in [0.15, 0.2) is 83.8 Å². The lowest BCUT2D eigenvalue weighted by Crippen LogP contribution is -2.14. The Morgan fingerprint density at radius 3 is 2.35 bits per heavy atom. The highest BCUT2D eigenvalue weighted by molar-refractivity contribution is 7.92. The van der Waals surface area contributed by atoms with Gasteiger partial charge in [-0.2, -0.15) is 0 Å². The van der Waals surface area contributed by atoms with E-state index in [-0.39, 0.29) is 10.5 Å². The number of carboxylic acid groups (broad SMARTS) is 1. The summed E-state index contributed by atoms with van der Waals surface area (Å²) in [5, 5.41) is 11.2. The Labute approximate surface area is 185 Å². The minimum absolute atomic E-state index is 0.113. The van der Waals surface area contributed by atoms with Crippen LogP contribution in [0.1, 0.15) is 15.9 Å². The molecule has 0 amide bonds. The van der Waals surface area contributed by atoms with Gasteiger partial charge >= 0.3 is 5.97 Å². The zero-order chi connectivity index (χ0) is 22.2. The van der Waals surface area contributed by atoms with Crippen molar-refractivity contribution < 1.29 is 18.3 Å². The molecule has 5 nitrogen and oxygen atoms in total. The molecule has 4 aromatic rings. The summed E-state index contributed by atoms with van der Waals surface area (Å²) in [4.78, 5) is 11.5. The van der Waals surface area contributed by atoms with Crippen LogP contribution in [0.3, 0.4) is 0 Å². The third-order valence-electron chi connectivity index (χ3n) is 5.10. The van der Waals surface area contributed by atoms with Crippen LogP contribution in [0.4, 0.5) is 5.69 Å². The standard InChI is InChI=1S/C24H18ClNO4S/c1-15-21(25)10-5-11-23(15)31(29,30)26-22-13-12-18(19-8-2-3-9-20(19)22)16-6-4-7-17(14-16)24(27)28/h2-14,26H,1H3,(H,27,28). The number of anilines is 1. The first-order valence-electron chi connectivity index (χ1n) is 9.41. The van der Waals surface area contributed by atoms with E-state index >= 15 is 0 Å². The second kappa shape index (κ2) is 8.06. The summed E-state index contributed by atoms with van der Waals surface area (Å²) in [6, 6.07) is 22.2. The normalized spacial score (nSPS) is 11.4. The fourth-order valence-corrected chi connectivity index (χ4v) is 5.12. The van der Waals surface area contributed by atoms with Crippen molar-refractivity contribution in [2.24, 2.45) is 0 Å². The first kappa shape index (κ1) is 20.9. The van der Waals surface area contributed by atoms with E-state index in [2.05, 4.69) is 4.72 Å². The molecule has 0 aliphatic rings. The van der Waals surface area contributed by atoms with E-state index in [0.29, 0.717) is 21.7 Å². The van der Waals surface area contributed by atoms with E-state index in [0.717, 1.165) is 16.5 Å². The number of fused-ring (bicyclic) bond motifs is 1. The summed E-state index contributed by atoms with van der Waals surface area (Å²) in [6.07, 6.45) is 0. The van der Waals surface area contributed by atoms with Crippen molar-refractivity contribution in [3.63, 3.8) is 0 Å². The van der Waals surface area contributed by atoms with Crippen molar-refractivity contribution in [3.05, 3.63) is 95.0 Å². The Bertz CT molecular complexity index is 1430. The van der Waals surface area contributed by atoms with Gasteiger partial charge in [0.15, 0.2) is 0 Å². The summed E-state index contributed by atoms with van der Waals surface area (Å²) in [7, 11) is -3.87. The smallest absolute Gasteiger partial charge is 0.335 e. The molecule has 31 heavy (non-hydrogen) atoms. The van der Waals surface area contributed by atoms with E-state index in [1.54, 1.807) is 43.3 Å². The van der Waals surface area contributed by atoms with Crippen LogP contribution in [0, 0.1) is 6.92 Å². The summed E-state index contributed by atoms with van der Waals surface area (Å²) in [6.45, 7) is 1.66. The molecule has 0 spiro atoms. The van der Waals surface area contributed by atoms with Gasteiger partial charge in [0.1, 0.15) is 0 Å². The number of hydrogen-bond acceptors (Lipinski definition) is 3. The Morgan fingerprint density at radius 1 is 0.903 bits per heavy atom. The van der Waals surface area contributed by atoms with Crippen molar-refractivity contribution in [1.29, 1.82) is 0 Å². The average molecular weight is 452 g/mol. The Kier molecular flexibility index (Phi) is 5.43. The molecule has 4 rings (SSSR count). The number of nitrogens with one attached hydrogen (secondary N) is 1. The van der Waals surface area contributed by atoms with Gasteiger partial charge in [-0.1, -0.05) is 60.1 Å². The predicted octanol–water partition coefficient (Wildman–Crippen LogP) is 5.97. The second-order valence-electron chi connectivity index (χ2n) is 7.06. The van der Waals surface area contributed by atoms with Crippen LogP contribution in [0.5, 0.6) is 0 Å². The van der Waals surface area contributed by atoms with Gasteiger partial charge in [-0.25, -0.2) is 13.2 Å². The maximum Gasteiger partial charge on any atom is 0.335 e. The first-order chi connectivity index (χ1) is 14.8. The molecular formula is C24H18ClNO4S. The monoisotopic (exact) mass is 451 g/mol. The van der Waals surface area contributed by atoms with Crippen molar-refractivity contribution in [3.8, 4) is 11.1 Å². The molecule has 156 valence electrons.